The van der Waals surface area contributed by atoms with Gasteiger partial charge in [-0.1, -0.05) is 18.2 Å². The molecule has 0 fully saturated rings. The van der Waals surface area contributed by atoms with Crippen LogP contribution in [0.25, 0.3) is 10.9 Å². The van der Waals surface area contributed by atoms with Crippen LogP contribution in [0, 0.1) is 0 Å². The molecule has 0 saturated heterocycles. The number of nitrogens with one attached hydrogen (secondary N) is 2. The molecule has 0 aliphatic rings. The van der Waals surface area contributed by atoms with Gasteiger partial charge in [0, 0.05) is 44.2 Å². The second-order valence-corrected chi connectivity index (χ2v) is 5.75. The van der Waals surface area contributed by atoms with Crippen molar-refractivity contribution in [3.63, 3.8) is 0 Å². The van der Waals surface area contributed by atoms with Crippen LogP contribution in [-0.4, -0.2) is 34.5 Å². The highest BCUT2D eigenvalue weighted by molar-refractivity contribution is 5.81. The molecule has 2 N–H and O–H groups in total. The van der Waals surface area contributed by atoms with Crippen molar-refractivity contribution in [2.45, 2.75) is 13.1 Å². The van der Waals surface area contributed by atoms with Gasteiger partial charge in [0.25, 0.3) is 0 Å². The molecule has 0 saturated carbocycles. The number of nitrogens with zero attached hydrogens (tertiary/aromatic N) is 3. The zero-order chi connectivity index (χ0) is 16.2. The average molecular weight is 309 g/mol. The summed E-state index contributed by atoms with van der Waals surface area (Å²) >= 11 is 0. The van der Waals surface area contributed by atoms with Gasteiger partial charge in [0.1, 0.15) is 0 Å². The molecule has 120 valence electrons. The first kappa shape index (κ1) is 15.2. The second kappa shape index (κ2) is 6.60. The lowest BCUT2D eigenvalue weighted by Crippen LogP contribution is -2.38. The van der Waals surface area contributed by atoms with Gasteiger partial charge < -0.3 is 19.8 Å². The summed E-state index contributed by atoms with van der Waals surface area (Å²) < 4.78 is 2.13. The molecule has 23 heavy (non-hydrogen) atoms. The number of rotatable bonds is 4. The lowest BCUT2D eigenvalue weighted by Gasteiger charge is -2.22. The molecule has 0 unspecified atom stereocenters. The van der Waals surface area contributed by atoms with E-state index >= 15 is 0 Å². The molecular weight excluding hydrogens is 286 g/mol. The van der Waals surface area contributed by atoms with Crippen LogP contribution in [0.15, 0.2) is 53.7 Å². The third-order valence-electron chi connectivity index (χ3n) is 4.05. The number of para-hydroxylation sites is 1. The Bertz CT molecular complexity index is 779. The summed E-state index contributed by atoms with van der Waals surface area (Å²) in [7, 11) is 5.92. The summed E-state index contributed by atoms with van der Waals surface area (Å²) in [5.41, 5.74) is 3.57. The smallest absolute Gasteiger partial charge is 0.194 e. The maximum atomic E-state index is 4.38. The largest absolute Gasteiger partial charge is 0.357 e. The molecule has 0 radical (unpaired) electrons. The highest BCUT2D eigenvalue weighted by atomic mass is 15.3. The number of aliphatic imine (C=N–C) groups is 1. The van der Waals surface area contributed by atoms with Crippen molar-refractivity contribution < 1.29 is 0 Å². The van der Waals surface area contributed by atoms with Crippen LogP contribution in [-0.2, 0) is 20.1 Å². The van der Waals surface area contributed by atoms with Gasteiger partial charge in [0.2, 0.25) is 0 Å². The molecule has 3 rings (SSSR count). The Kier molecular flexibility index (Phi) is 4.37. The lowest BCUT2D eigenvalue weighted by atomic mass is 10.2. The minimum atomic E-state index is 0.721. The predicted octanol–water partition coefficient (Wildman–Crippen LogP) is 2.71. The van der Waals surface area contributed by atoms with Crippen molar-refractivity contribution in [3.05, 3.63) is 60.0 Å². The van der Waals surface area contributed by atoms with Gasteiger partial charge in [-0.25, -0.2) is 0 Å². The van der Waals surface area contributed by atoms with Crippen molar-refractivity contribution in [2.24, 2.45) is 12.0 Å². The molecule has 0 bridgehead atoms. The van der Waals surface area contributed by atoms with Gasteiger partial charge in [0.15, 0.2) is 5.96 Å². The third kappa shape index (κ3) is 3.39. The van der Waals surface area contributed by atoms with Gasteiger partial charge in [-0.3, -0.25) is 4.99 Å². The highest BCUT2D eigenvalue weighted by Gasteiger charge is 2.09. The van der Waals surface area contributed by atoms with Crippen LogP contribution in [0.2, 0.25) is 0 Å². The van der Waals surface area contributed by atoms with E-state index in [0.717, 1.165) is 30.3 Å². The molecule has 0 aliphatic heterocycles. The first-order valence-electron chi connectivity index (χ1n) is 7.76. The van der Waals surface area contributed by atoms with Crippen LogP contribution in [0.5, 0.6) is 0 Å². The fraction of sp³-hybridized carbons (Fsp3) is 0.278. The quantitative estimate of drug-likeness (QED) is 0.575. The Labute approximate surface area is 136 Å². The Morgan fingerprint density at radius 3 is 2.78 bits per heavy atom. The normalized spacial score (nSPS) is 11.9. The molecule has 2 heterocycles. The maximum absolute atomic E-state index is 4.38. The van der Waals surface area contributed by atoms with E-state index in [1.807, 2.05) is 20.2 Å². The Balaban J connectivity index is 1.64. The van der Waals surface area contributed by atoms with E-state index in [-0.39, 0.29) is 0 Å². The highest BCUT2D eigenvalue weighted by Crippen LogP contribution is 2.14. The molecule has 3 aromatic rings. The van der Waals surface area contributed by atoms with Crippen LogP contribution in [0.1, 0.15) is 11.4 Å². The Hall–Kier alpha value is -2.69. The van der Waals surface area contributed by atoms with Crippen LogP contribution < -0.4 is 5.32 Å². The van der Waals surface area contributed by atoms with Gasteiger partial charge in [0.05, 0.1) is 13.1 Å². The summed E-state index contributed by atoms with van der Waals surface area (Å²) in [5, 5.41) is 4.65. The topological polar surface area (TPSA) is 48.4 Å². The molecule has 0 amide bonds. The van der Waals surface area contributed by atoms with Crippen molar-refractivity contribution >= 4 is 16.9 Å². The zero-order valence-electron chi connectivity index (χ0n) is 13.9. The summed E-state index contributed by atoms with van der Waals surface area (Å²) in [4.78, 5) is 9.93. The Morgan fingerprint density at radius 2 is 2.09 bits per heavy atom. The van der Waals surface area contributed by atoms with Crippen molar-refractivity contribution in [3.8, 4) is 0 Å². The van der Waals surface area contributed by atoms with Crippen LogP contribution >= 0.6 is 0 Å². The average Bonchev–Trinajstić information content (AvgIpc) is 3.14. The molecule has 0 atom stereocenters. The minimum Gasteiger partial charge on any atom is -0.357 e. The number of hydrogen-bond acceptors (Lipinski definition) is 1. The van der Waals surface area contributed by atoms with Crippen LogP contribution in [0.4, 0.5) is 0 Å². The van der Waals surface area contributed by atoms with E-state index in [9.17, 15) is 0 Å². The SMILES string of the molecule is CN=C(NCc1cc2ccccc2[nH]1)N(C)Cc1cccn1C. The zero-order valence-corrected chi connectivity index (χ0v) is 13.9. The fourth-order valence-corrected chi connectivity index (χ4v) is 2.77. The number of fused-ring (bicyclic) bond motifs is 1. The number of benzene rings is 1. The van der Waals surface area contributed by atoms with Gasteiger partial charge in [-0.2, -0.15) is 0 Å². The van der Waals surface area contributed by atoms with E-state index in [2.05, 4.69) is 74.4 Å². The number of hydrogen-bond donors (Lipinski definition) is 2. The summed E-state index contributed by atoms with van der Waals surface area (Å²) in [6.45, 7) is 1.54. The van der Waals surface area contributed by atoms with Crippen LogP contribution in [0.3, 0.4) is 0 Å². The molecule has 0 spiro atoms. The third-order valence-corrected chi connectivity index (χ3v) is 4.05. The number of H-pyrrole nitrogens is 1. The number of aryl methyl sites for hydroxylation is 1. The number of guanidine groups is 1. The van der Waals surface area contributed by atoms with E-state index < -0.39 is 0 Å². The molecule has 5 heteroatoms. The maximum Gasteiger partial charge on any atom is 0.194 e. The summed E-state index contributed by atoms with van der Waals surface area (Å²) in [6.07, 6.45) is 2.06. The summed E-state index contributed by atoms with van der Waals surface area (Å²) in [5.74, 6) is 0.879. The summed E-state index contributed by atoms with van der Waals surface area (Å²) in [6, 6.07) is 14.7. The molecule has 2 aromatic heterocycles. The number of aromatic nitrogens is 2. The molecule has 1 aromatic carbocycles. The molecular formula is C18H23N5. The Morgan fingerprint density at radius 1 is 1.26 bits per heavy atom. The predicted molar refractivity (Wildman–Crippen MR) is 95.4 cm³/mol. The van der Waals surface area contributed by atoms with E-state index in [1.54, 1.807) is 0 Å². The van der Waals surface area contributed by atoms with E-state index in [1.165, 1.54) is 11.1 Å². The first-order chi connectivity index (χ1) is 11.2. The van der Waals surface area contributed by atoms with E-state index in [4.69, 9.17) is 0 Å². The van der Waals surface area contributed by atoms with Gasteiger partial charge in [-0.05, 0) is 29.7 Å². The first-order valence-corrected chi connectivity index (χ1v) is 7.76. The lowest BCUT2D eigenvalue weighted by molar-refractivity contribution is 0.461. The van der Waals surface area contributed by atoms with Gasteiger partial charge >= 0.3 is 0 Å². The molecule has 0 aliphatic carbocycles. The number of aromatic amines is 1. The van der Waals surface area contributed by atoms with Crippen molar-refractivity contribution in [2.75, 3.05) is 14.1 Å². The van der Waals surface area contributed by atoms with Crippen molar-refractivity contribution in [1.29, 1.82) is 0 Å². The van der Waals surface area contributed by atoms with Gasteiger partial charge in [-0.15, -0.1) is 0 Å². The monoisotopic (exact) mass is 309 g/mol. The minimum absolute atomic E-state index is 0.721. The van der Waals surface area contributed by atoms with Crippen molar-refractivity contribution in [1.82, 2.24) is 19.8 Å². The van der Waals surface area contributed by atoms with E-state index in [0.29, 0.717) is 0 Å². The molecule has 5 nitrogen and oxygen atoms in total. The standard InChI is InChI=1S/C18H23N5/c1-19-18(23(3)13-16-8-6-10-22(16)2)20-12-15-11-14-7-4-5-9-17(14)21-15/h4-11,21H,12-13H2,1-3H3,(H,19,20). The second-order valence-electron chi connectivity index (χ2n) is 5.75. The fourth-order valence-electron chi connectivity index (χ4n) is 2.77.